The summed E-state index contributed by atoms with van der Waals surface area (Å²) in [6.45, 7) is 0. The predicted molar refractivity (Wildman–Crippen MR) is 47.9 cm³/mol. The molecule has 1 aromatic heterocycles. The van der Waals surface area contributed by atoms with Gasteiger partial charge in [0.05, 0.1) is 0 Å². The highest BCUT2D eigenvalue weighted by Gasteiger charge is 2.18. The summed E-state index contributed by atoms with van der Waals surface area (Å²) in [4.78, 5) is 28.6. The minimum absolute atomic E-state index is 0.177. The van der Waals surface area contributed by atoms with Crippen molar-refractivity contribution in [2.75, 3.05) is 11.5 Å². The molecule has 0 unspecified atom stereocenters. The molecule has 8 nitrogen and oxygen atoms in total. The Hall–Kier alpha value is -2.38. The van der Waals surface area contributed by atoms with Gasteiger partial charge in [-0.25, -0.2) is 9.97 Å². The highest BCUT2D eigenvalue weighted by atomic mass is 16.2. The van der Waals surface area contributed by atoms with Gasteiger partial charge in [-0.2, -0.15) is 0 Å². The van der Waals surface area contributed by atoms with Gasteiger partial charge in [0, 0.05) is 0 Å². The van der Waals surface area contributed by atoms with Crippen LogP contribution in [0.15, 0.2) is 0 Å². The lowest BCUT2D eigenvalue weighted by Crippen LogP contribution is -2.25. The van der Waals surface area contributed by atoms with Crippen LogP contribution < -0.4 is 22.9 Å². The van der Waals surface area contributed by atoms with Crippen LogP contribution in [0.1, 0.15) is 21.0 Å². The molecule has 14 heavy (non-hydrogen) atoms. The number of nitrogens with two attached hydrogens (primary N) is 4. The second kappa shape index (κ2) is 3.17. The molecule has 1 aromatic rings. The molecule has 0 spiro atoms. The molecule has 74 valence electrons. The Bertz CT molecular complexity index is 376. The molecule has 0 aliphatic rings. The summed E-state index contributed by atoms with van der Waals surface area (Å²) in [5.41, 5.74) is 19.6. The first-order chi connectivity index (χ1) is 6.43. The molecular weight excluding hydrogens is 188 g/mol. The van der Waals surface area contributed by atoms with Gasteiger partial charge in [0.2, 0.25) is 0 Å². The standard InChI is InChI=1S/C6H8N6O2/c7-3-4(8)12-2(6(10)14)1(11-3)5(9)13/h(H2,7,11)(H2,8,12)(H2,9,13)(H2,10,14). The fourth-order valence-electron chi connectivity index (χ4n) is 0.805. The molecule has 8 heteroatoms. The summed E-state index contributed by atoms with van der Waals surface area (Å²) >= 11 is 0. The van der Waals surface area contributed by atoms with Gasteiger partial charge in [0.1, 0.15) is 0 Å². The molecule has 0 saturated carbocycles. The van der Waals surface area contributed by atoms with E-state index in [0.29, 0.717) is 0 Å². The summed E-state index contributed by atoms with van der Waals surface area (Å²) in [6.07, 6.45) is 0. The highest BCUT2D eigenvalue weighted by molar-refractivity contribution is 6.04. The van der Waals surface area contributed by atoms with Crippen molar-refractivity contribution in [3.8, 4) is 0 Å². The lowest BCUT2D eigenvalue weighted by atomic mass is 10.2. The minimum atomic E-state index is -0.946. The van der Waals surface area contributed by atoms with E-state index in [9.17, 15) is 9.59 Å². The van der Waals surface area contributed by atoms with Gasteiger partial charge in [-0.05, 0) is 0 Å². The smallest absolute Gasteiger partial charge is 0.269 e. The third-order valence-electron chi connectivity index (χ3n) is 1.42. The maximum absolute atomic E-state index is 10.8. The first-order valence-corrected chi connectivity index (χ1v) is 3.46. The molecule has 1 heterocycles. The second-order valence-corrected chi connectivity index (χ2v) is 2.42. The zero-order chi connectivity index (χ0) is 10.9. The molecule has 0 aliphatic carbocycles. The quantitative estimate of drug-likeness (QED) is 0.420. The number of hydrogen-bond acceptors (Lipinski definition) is 6. The third-order valence-corrected chi connectivity index (χ3v) is 1.42. The van der Waals surface area contributed by atoms with Crippen molar-refractivity contribution >= 4 is 23.5 Å². The van der Waals surface area contributed by atoms with Crippen LogP contribution in [0.25, 0.3) is 0 Å². The van der Waals surface area contributed by atoms with Gasteiger partial charge in [0.25, 0.3) is 11.8 Å². The maximum atomic E-state index is 10.8. The summed E-state index contributed by atoms with van der Waals surface area (Å²) in [6, 6.07) is 0. The number of nitrogen functional groups attached to an aromatic ring is 2. The summed E-state index contributed by atoms with van der Waals surface area (Å²) in [5.74, 6) is -2.25. The molecule has 0 atom stereocenters. The fourth-order valence-corrected chi connectivity index (χ4v) is 0.805. The summed E-state index contributed by atoms with van der Waals surface area (Å²) in [5, 5.41) is 0. The fraction of sp³-hybridized carbons (Fsp3) is 0. The van der Waals surface area contributed by atoms with E-state index in [4.69, 9.17) is 22.9 Å². The van der Waals surface area contributed by atoms with Crippen LogP contribution in [-0.2, 0) is 0 Å². The zero-order valence-electron chi connectivity index (χ0n) is 7.02. The normalized spacial score (nSPS) is 9.71. The van der Waals surface area contributed by atoms with Gasteiger partial charge in [0.15, 0.2) is 23.0 Å². The number of amides is 2. The van der Waals surface area contributed by atoms with Crippen molar-refractivity contribution in [1.82, 2.24) is 9.97 Å². The van der Waals surface area contributed by atoms with E-state index in [2.05, 4.69) is 9.97 Å². The van der Waals surface area contributed by atoms with Gasteiger partial charge in [-0.3, -0.25) is 9.59 Å². The molecule has 0 aliphatic heterocycles. The summed E-state index contributed by atoms with van der Waals surface area (Å²) in [7, 11) is 0. The van der Waals surface area contributed by atoms with Crippen molar-refractivity contribution in [3.63, 3.8) is 0 Å². The zero-order valence-corrected chi connectivity index (χ0v) is 7.02. The number of hydrogen-bond donors (Lipinski definition) is 4. The monoisotopic (exact) mass is 196 g/mol. The van der Waals surface area contributed by atoms with Crippen LogP contribution in [0.4, 0.5) is 11.6 Å². The lowest BCUT2D eigenvalue weighted by molar-refractivity contribution is 0.0960. The number of rotatable bonds is 2. The van der Waals surface area contributed by atoms with E-state index in [1.165, 1.54) is 0 Å². The SMILES string of the molecule is NC(=O)c1nc(N)c(N)nc1C(N)=O. The van der Waals surface area contributed by atoms with Crippen molar-refractivity contribution in [1.29, 1.82) is 0 Å². The Kier molecular flexibility index (Phi) is 2.19. The molecule has 0 bridgehead atoms. The van der Waals surface area contributed by atoms with Gasteiger partial charge >= 0.3 is 0 Å². The van der Waals surface area contributed by atoms with E-state index >= 15 is 0 Å². The number of nitrogens with zero attached hydrogens (tertiary/aromatic N) is 2. The summed E-state index contributed by atoms with van der Waals surface area (Å²) < 4.78 is 0. The van der Waals surface area contributed by atoms with Crippen molar-refractivity contribution in [2.45, 2.75) is 0 Å². The number of carbonyl (C=O) groups excluding carboxylic acids is 2. The Morgan fingerprint density at radius 1 is 0.857 bits per heavy atom. The van der Waals surface area contributed by atoms with E-state index in [1.807, 2.05) is 0 Å². The number of primary amides is 2. The Balaban J connectivity index is 3.46. The van der Waals surface area contributed by atoms with Crippen molar-refractivity contribution in [2.24, 2.45) is 11.5 Å². The van der Waals surface area contributed by atoms with Crippen LogP contribution >= 0.6 is 0 Å². The van der Waals surface area contributed by atoms with Gasteiger partial charge < -0.3 is 22.9 Å². The second-order valence-electron chi connectivity index (χ2n) is 2.42. The maximum Gasteiger partial charge on any atom is 0.269 e. The van der Waals surface area contributed by atoms with Gasteiger partial charge in [-0.1, -0.05) is 0 Å². The molecule has 0 fully saturated rings. The van der Waals surface area contributed by atoms with E-state index in [-0.39, 0.29) is 23.0 Å². The first kappa shape index (κ1) is 9.71. The van der Waals surface area contributed by atoms with Gasteiger partial charge in [-0.15, -0.1) is 0 Å². The highest BCUT2D eigenvalue weighted by Crippen LogP contribution is 2.11. The van der Waals surface area contributed by atoms with Crippen molar-refractivity contribution in [3.05, 3.63) is 11.4 Å². The minimum Gasteiger partial charge on any atom is -0.381 e. The third kappa shape index (κ3) is 1.53. The number of carbonyl (C=O) groups is 2. The molecule has 8 N–H and O–H groups in total. The number of aromatic nitrogens is 2. The van der Waals surface area contributed by atoms with Crippen LogP contribution in [0.5, 0.6) is 0 Å². The van der Waals surface area contributed by atoms with Crippen LogP contribution in [0.3, 0.4) is 0 Å². The van der Waals surface area contributed by atoms with Crippen molar-refractivity contribution < 1.29 is 9.59 Å². The number of anilines is 2. The van der Waals surface area contributed by atoms with E-state index < -0.39 is 11.8 Å². The molecule has 0 radical (unpaired) electrons. The molecule has 1 rings (SSSR count). The van der Waals surface area contributed by atoms with E-state index in [1.54, 1.807) is 0 Å². The van der Waals surface area contributed by atoms with Crippen LogP contribution in [-0.4, -0.2) is 21.8 Å². The average Bonchev–Trinajstić information content (AvgIpc) is 2.08. The van der Waals surface area contributed by atoms with E-state index in [0.717, 1.165) is 0 Å². The Labute approximate surface area is 78.3 Å². The lowest BCUT2D eigenvalue weighted by Gasteiger charge is -2.04. The average molecular weight is 196 g/mol. The predicted octanol–water partition coefficient (Wildman–Crippen LogP) is -2.16. The Morgan fingerprint density at radius 3 is 1.36 bits per heavy atom. The van der Waals surface area contributed by atoms with Crippen LogP contribution in [0, 0.1) is 0 Å². The van der Waals surface area contributed by atoms with Crippen LogP contribution in [0.2, 0.25) is 0 Å². The molecule has 0 aromatic carbocycles. The molecule has 0 saturated heterocycles. The molecular formula is C6H8N6O2. The first-order valence-electron chi connectivity index (χ1n) is 3.46. The topological polar surface area (TPSA) is 164 Å². The Morgan fingerprint density at radius 2 is 1.14 bits per heavy atom. The molecule has 2 amide bonds. The largest absolute Gasteiger partial charge is 0.381 e.